The molecular formula is C14H15ClN2O. The first-order chi connectivity index (χ1) is 8.65. The number of rotatable bonds is 4. The second kappa shape index (κ2) is 5.83. The Balaban J connectivity index is 1.95. The highest BCUT2D eigenvalue weighted by Gasteiger charge is 2.01. The van der Waals surface area contributed by atoms with Gasteiger partial charge in [0.15, 0.2) is 0 Å². The van der Waals surface area contributed by atoms with Crippen LogP contribution in [0.15, 0.2) is 36.7 Å². The van der Waals surface area contributed by atoms with Crippen LogP contribution in [-0.2, 0) is 6.61 Å². The van der Waals surface area contributed by atoms with Crippen molar-refractivity contribution in [2.75, 3.05) is 0 Å². The molecule has 3 nitrogen and oxygen atoms in total. The van der Waals surface area contributed by atoms with Crippen molar-refractivity contribution in [1.82, 2.24) is 9.97 Å². The van der Waals surface area contributed by atoms with Crippen LogP contribution in [0.2, 0.25) is 5.15 Å². The summed E-state index contributed by atoms with van der Waals surface area (Å²) < 4.78 is 5.62. The van der Waals surface area contributed by atoms with Crippen molar-refractivity contribution < 1.29 is 4.74 Å². The number of aromatic nitrogens is 2. The summed E-state index contributed by atoms with van der Waals surface area (Å²) in [6, 6.07) is 8.10. The lowest BCUT2D eigenvalue weighted by atomic mass is 10.0. The molecule has 0 bridgehead atoms. The fourth-order valence-electron chi connectivity index (χ4n) is 1.52. The van der Waals surface area contributed by atoms with Crippen molar-refractivity contribution >= 4 is 11.6 Å². The van der Waals surface area contributed by atoms with E-state index in [0.717, 1.165) is 11.4 Å². The molecule has 0 unspecified atom stereocenters. The molecule has 2 rings (SSSR count). The summed E-state index contributed by atoms with van der Waals surface area (Å²) in [7, 11) is 0. The molecule has 0 fully saturated rings. The van der Waals surface area contributed by atoms with E-state index in [1.54, 1.807) is 6.20 Å². The van der Waals surface area contributed by atoms with Crippen LogP contribution >= 0.6 is 11.6 Å². The third-order valence-corrected chi connectivity index (χ3v) is 2.80. The SMILES string of the molecule is CC(C)c1ccc(OCc2cnc(Cl)cn2)cc1. The summed E-state index contributed by atoms with van der Waals surface area (Å²) in [5.41, 5.74) is 2.06. The first kappa shape index (κ1) is 12.8. The molecule has 2 aromatic rings. The van der Waals surface area contributed by atoms with Gasteiger partial charge in [0.25, 0.3) is 0 Å². The van der Waals surface area contributed by atoms with Crippen LogP contribution < -0.4 is 4.74 Å². The highest BCUT2D eigenvalue weighted by molar-refractivity contribution is 6.29. The van der Waals surface area contributed by atoms with Crippen molar-refractivity contribution in [3.8, 4) is 5.75 Å². The third kappa shape index (κ3) is 3.44. The first-order valence-electron chi connectivity index (χ1n) is 5.84. The first-order valence-corrected chi connectivity index (χ1v) is 6.22. The Kier molecular flexibility index (Phi) is 4.15. The molecule has 4 heteroatoms. The number of benzene rings is 1. The molecule has 0 aliphatic heterocycles. The van der Waals surface area contributed by atoms with E-state index in [4.69, 9.17) is 16.3 Å². The lowest BCUT2D eigenvalue weighted by Gasteiger charge is -2.08. The number of hydrogen-bond acceptors (Lipinski definition) is 3. The van der Waals surface area contributed by atoms with Gasteiger partial charge in [0.1, 0.15) is 17.5 Å². The van der Waals surface area contributed by atoms with E-state index in [9.17, 15) is 0 Å². The average Bonchev–Trinajstić information content (AvgIpc) is 2.38. The minimum Gasteiger partial charge on any atom is -0.487 e. The zero-order valence-corrected chi connectivity index (χ0v) is 11.2. The molecule has 94 valence electrons. The van der Waals surface area contributed by atoms with E-state index < -0.39 is 0 Å². The molecule has 0 spiro atoms. The maximum atomic E-state index is 5.66. The van der Waals surface area contributed by atoms with Crippen LogP contribution in [0.4, 0.5) is 0 Å². The van der Waals surface area contributed by atoms with Gasteiger partial charge >= 0.3 is 0 Å². The van der Waals surface area contributed by atoms with Gasteiger partial charge in [0.05, 0.1) is 18.1 Å². The topological polar surface area (TPSA) is 35.0 Å². The van der Waals surface area contributed by atoms with E-state index in [-0.39, 0.29) is 0 Å². The molecular weight excluding hydrogens is 248 g/mol. The van der Waals surface area contributed by atoms with Crippen molar-refractivity contribution in [2.45, 2.75) is 26.4 Å². The summed E-state index contributed by atoms with van der Waals surface area (Å²) in [5.74, 6) is 1.36. The minimum absolute atomic E-state index is 0.389. The van der Waals surface area contributed by atoms with Gasteiger partial charge in [0, 0.05) is 0 Å². The fraction of sp³-hybridized carbons (Fsp3) is 0.286. The fourth-order valence-corrected chi connectivity index (χ4v) is 1.62. The van der Waals surface area contributed by atoms with Gasteiger partial charge in [-0.2, -0.15) is 0 Å². The quantitative estimate of drug-likeness (QED) is 0.840. The predicted octanol–water partition coefficient (Wildman–Crippen LogP) is 3.83. The second-order valence-corrected chi connectivity index (χ2v) is 4.73. The van der Waals surface area contributed by atoms with E-state index >= 15 is 0 Å². The van der Waals surface area contributed by atoms with Gasteiger partial charge in [0.2, 0.25) is 0 Å². The molecule has 1 aromatic carbocycles. The summed E-state index contributed by atoms with van der Waals surface area (Å²) in [6.45, 7) is 4.73. The highest BCUT2D eigenvalue weighted by atomic mass is 35.5. The maximum absolute atomic E-state index is 5.66. The van der Waals surface area contributed by atoms with Gasteiger partial charge in [-0.15, -0.1) is 0 Å². The van der Waals surface area contributed by atoms with Crippen molar-refractivity contribution in [2.24, 2.45) is 0 Å². The van der Waals surface area contributed by atoms with Crippen molar-refractivity contribution in [3.63, 3.8) is 0 Å². The summed E-state index contributed by atoms with van der Waals surface area (Å²) in [5, 5.41) is 0.389. The van der Waals surface area contributed by atoms with E-state index in [2.05, 4.69) is 35.9 Å². The largest absolute Gasteiger partial charge is 0.487 e. The van der Waals surface area contributed by atoms with Crippen LogP contribution in [0.25, 0.3) is 0 Å². The lowest BCUT2D eigenvalue weighted by Crippen LogP contribution is -1.99. The normalized spacial score (nSPS) is 10.7. The lowest BCUT2D eigenvalue weighted by molar-refractivity contribution is 0.300. The van der Waals surface area contributed by atoms with Crippen LogP contribution in [0, 0.1) is 0 Å². The average molecular weight is 263 g/mol. The molecule has 0 radical (unpaired) electrons. The zero-order valence-electron chi connectivity index (χ0n) is 10.4. The number of hydrogen-bond donors (Lipinski definition) is 0. The van der Waals surface area contributed by atoms with E-state index in [1.165, 1.54) is 11.8 Å². The Morgan fingerprint density at radius 1 is 1.11 bits per heavy atom. The molecule has 0 amide bonds. The maximum Gasteiger partial charge on any atom is 0.147 e. The van der Waals surface area contributed by atoms with Crippen molar-refractivity contribution in [3.05, 3.63) is 53.1 Å². The summed E-state index contributed by atoms with van der Waals surface area (Å²) >= 11 is 5.66. The smallest absolute Gasteiger partial charge is 0.147 e. The Labute approximate surface area is 112 Å². The van der Waals surface area contributed by atoms with E-state index in [1.807, 2.05) is 12.1 Å². The summed E-state index contributed by atoms with van der Waals surface area (Å²) in [4.78, 5) is 8.07. The zero-order chi connectivity index (χ0) is 13.0. The number of ether oxygens (including phenoxy) is 1. The van der Waals surface area contributed by atoms with Gasteiger partial charge in [-0.05, 0) is 23.6 Å². The van der Waals surface area contributed by atoms with Crippen LogP contribution in [0.1, 0.15) is 31.0 Å². The molecule has 0 N–H and O–H groups in total. The Bertz CT molecular complexity index is 494. The minimum atomic E-state index is 0.389. The Hall–Kier alpha value is -1.61. The van der Waals surface area contributed by atoms with Crippen molar-refractivity contribution in [1.29, 1.82) is 0 Å². The predicted molar refractivity (Wildman–Crippen MR) is 71.9 cm³/mol. The van der Waals surface area contributed by atoms with Gasteiger partial charge in [-0.1, -0.05) is 37.6 Å². The number of nitrogens with zero attached hydrogens (tertiary/aromatic N) is 2. The van der Waals surface area contributed by atoms with Gasteiger partial charge in [-0.25, -0.2) is 4.98 Å². The van der Waals surface area contributed by atoms with Gasteiger partial charge < -0.3 is 4.74 Å². The third-order valence-electron chi connectivity index (χ3n) is 2.61. The monoisotopic (exact) mass is 262 g/mol. The molecule has 0 saturated carbocycles. The summed E-state index contributed by atoms with van der Waals surface area (Å²) in [6.07, 6.45) is 3.13. The molecule has 1 aromatic heterocycles. The van der Waals surface area contributed by atoms with Crippen LogP contribution in [-0.4, -0.2) is 9.97 Å². The molecule has 0 saturated heterocycles. The Morgan fingerprint density at radius 2 is 1.83 bits per heavy atom. The number of halogens is 1. The Morgan fingerprint density at radius 3 is 2.39 bits per heavy atom. The molecule has 1 heterocycles. The van der Waals surface area contributed by atoms with Crippen LogP contribution in [0.3, 0.4) is 0 Å². The molecule has 0 atom stereocenters. The second-order valence-electron chi connectivity index (χ2n) is 4.34. The van der Waals surface area contributed by atoms with Crippen LogP contribution in [0.5, 0.6) is 5.75 Å². The highest BCUT2D eigenvalue weighted by Crippen LogP contribution is 2.19. The molecule has 18 heavy (non-hydrogen) atoms. The molecule has 0 aliphatic carbocycles. The van der Waals surface area contributed by atoms with E-state index in [0.29, 0.717) is 17.7 Å². The molecule has 0 aliphatic rings. The van der Waals surface area contributed by atoms with Gasteiger partial charge in [-0.3, -0.25) is 4.98 Å². The standard InChI is InChI=1S/C14H15ClN2O/c1-10(2)11-3-5-13(6-4-11)18-9-12-7-17-14(15)8-16-12/h3-8,10H,9H2,1-2H3.